The molecule has 2 heterocycles. The van der Waals surface area contributed by atoms with E-state index < -0.39 is 0 Å². The minimum atomic E-state index is -0.0194. The molecule has 1 N–H and O–H groups in total. The minimum Gasteiger partial charge on any atom is -0.333 e. The van der Waals surface area contributed by atoms with Crippen molar-refractivity contribution in [3.8, 4) is 0 Å². The molecule has 0 radical (unpaired) electrons. The second-order valence-electron chi connectivity index (χ2n) is 7.93. The lowest BCUT2D eigenvalue weighted by molar-refractivity contribution is -0.117. The zero-order chi connectivity index (χ0) is 20.8. The van der Waals surface area contributed by atoms with Gasteiger partial charge in [-0.25, -0.2) is 4.98 Å². The van der Waals surface area contributed by atoms with Gasteiger partial charge in [0.1, 0.15) is 5.82 Å². The Labute approximate surface area is 172 Å². The van der Waals surface area contributed by atoms with Crippen molar-refractivity contribution >= 4 is 17.4 Å². The highest BCUT2D eigenvalue weighted by atomic mass is 16.2. The van der Waals surface area contributed by atoms with Crippen molar-refractivity contribution < 1.29 is 9.59 Å². The topological polar surface area (TPSA) is 70.5 Å². The number of anilines is 1. The molecule has 1 saturated heterocycles. The molecule has 0 spiro atoms. The molecule has 1 fully saturated rings. The van der Waals surface area contributed by atoms with Crippen LogP contribution in [0.5, 0.6) is 0 Å². The van der Waals surface area contributed by atoms with Gasteiger partial charge in [0.15, 0.2) is 5.78 Å². The second-order valence-corrected chi connectivity index (χ2v) is 7.93. The van der Waals surface area contributed by atoms with Crippen LogP contribution >= 0.6 is 0 Å². The van der Waals surface area contributed by atoms with Gasteiger partial charge < -0.3 is 9.88 Å². The number of imidazole rings is 1. The van der Waals surface area contributed by atoms with E-state index in [0.29, 0.717) is 18.0 Å². The molecule has 3 rings (SSSR count). The maximum Gasteiger partial charge on any atom is 0.238 e. The quantitative estimate of drug-likeness (QED) is 0.693. The van der Waals surface area contributed by atoms with Gasteiger partial charge in [-0.05, 0) is 31.2 Å². The summed E-state index contributed by atoms with van der Waals surface area (Å²) in [6.07, 6.45) is 3.93. The molecule has 0 saturated carbocycles. The highest BCUT2D eigenvalue weighted by Crippen LogP contribution is 2.13. The van der Waals surface area contributed by atoms with Crippen LogP contribution in [0, 0.1) is 0 Å². The molecule has 29 heavy (non-hydrogen) atoms. The Hall–Kier alpha value is -2.51. The largest absolute Gasteiger partial charge is 0.333 e. The van der Waals surface area contributed by atoms with E-state index in [9.17, 15) is 9.59 Å². The third-order valence-corrected chi connectivity index (χ3v) is 5.33. The van der Waals surface area contributed by atoms with Gasteiger partial charge in [0, 0.05) is 68.8 Å². The summed E-state index contributed by atoms with van der Waals surface area (Å²) in [5.74, 6) is 1.57. The van der Waals surface area contributed by atoms with E-state index >= 15 is 0 Å². The number of nitrogens with one attached hydrogen (secondary N) is 1. The van der Waals surface area contributed by atoms with Crippen molar-refractivity contribution in [3.05, 3.63) is 48.0 Å². The Balaban J connectivity index is 1.39. The minimum absolute atomic E-state index is 0.0194. The molecule has 0 aliphatic carbocycles. The van der Waals surface area contributed by atoms with Crippen molar-refractivity contribution in [2.45, 2.75) is 33.2 Å². The molecule has 1 aliphatic rings. The van der Waals surface area contributed by atoms with Crippen LogP contribution in [0.4, 0.5) is 5.69 Å². The van der Waals surface area contributed by atoms with Crippen molar-refractivity contribution in [1.29, 1.82) is 0 Å². The van der Waals surface area contributed by atoms with E-state index in [0.717, 1.165) is 50.8 Å². The third kappa shape index (κ3) is 5.98. The molecule has 1 aromatic heterocycles. The van der Waals surface area contributed by atoms with Gasteiger partial charge in [-0.2, -0.15) is 0 Å². The monoisotopic (exact) mass is 397 g/mol. The lowest BCUT2D eigenvalue weighted by Gasteiger charge is -2.34. The number of nitrogens with zero attached hydrogens (tertiary/aromatic N) is 4. The van der Waals surface area contributed by atoms with Gasteiger partial charge in [-0.15, -0.1) is 0 Å². The standard InChI is InChI=1S/C22H31N5O2/c1-17(2)22-23-8-9-27(22)15-14-25-10-12-26(13-11-25)16-21(29)24-20-6-4-19(5-7-20)18(3)28/h4-9,17H,10-16H2,1-3H3,(H,24,29). The predicted octanol–water partition coefficient (Wildman–Crippen LogP) is 2.47. The first-order chi connectivity index (χ1) is 13.9. The van der Waals surface area contributed by atoms with Crippen LogP contribution in [-0.2, 0) is 11.3 Å². The lowest BCUT2D eigenvalue weighted by Crippen LogP contribution is -2.49. The number of ketones is 1. The van der Waals surface area contributed by atoms with E-state index in [1.54, 1.807) is 24.3 Å². The molecule has 156 valence electrons. The fourth-order valence-corrected chi connectivity index (χ4v) is 3.62. The van der Waals surface area contributed by atoms with Crippen LogP contribution in [0.15, 0.2) is 36.7 Å². The number of benzene rings is 1. The Kier molecular flexibility index (Phi) is 7.17. The summed E-state index contributed by atoms with van der Waals surface area (Å²) in [4.78, 5) is 32.7. The van der Waals surface area contributed by atoms with Crippen molar-refractivity contribution in [3.63, 3.8) is 0 Å². The van der Waals surface area contributed by atoms with Crippen LogP contribution in [0.2, 0.25) is 0 Å². The maximum absolute atomic E-state index is 12.3. The summed E-state index contributed by atoms with van der Waals surface area (Å²) in [7, 11) is 0. The highest BCUT2D eigenvalue weighted by Gasteiger charge is 2.19. The van der Waals surface area contributed by atoms with Gasteiger partial charge in [0.2, 0.25) is 5.91 Å². The molecular formula is C22H31N5O2. The summed E-state index contributed by atoms with van der Waals surface area (Å²) >= 11 is 0. The van der Waals surface area contributed by atoms with E-state index in [2.05, 4.69) is 44.7 Å². The summed E-state index contributed by atoms with van der Waals surface area (Å²) in [6, 6.07) is 7.02. The zero-order valence-corrected chi connectivity index (χ0v) is 17.6. The number of aromatic nitrogens is 2. The van der Waals surface area contributed by atoms with Gasteiger partial charge in [0.05, 0.1) is 6.54 Å². The zero-order valence-electron chi connectivity index (χ0n) is 17.6. The number of hydrogen-bond donors (Lipinski definition) is 1. The Bertz CT molecular complexity index is 820. The fourth-order valence-electron chi connectivity index (χ4n) is 3.62. The van der Waals surface area contributed by atoms with Gasteiger partial charge in [0.25, 0.3) is 0 Å². The number of rotatable bonds is 8. The highest BCUT2D eigenvalue weighted by molar-refractivity contribution is 5.96. The van der Waals surface area contributed by atoms with Crippen LogP contribution in [0.25, 0.3) is 0 Å². The lowest BCUT2D eigenvalue weighted by atomic mass is 10.1. The number of hydrogen-bond acceptors (Lipinski definition) is 5. The molecule has 1 aromatic carbocycles. The smallest absolute Gasteiger partial charge is 0.238 e. The molecule has 7 nitrogen and oxygen atoms in total. The molecule has 1 aliphatic heterocycles. The summed E-state index contributed by atoms with van der Waals surface area (Å²) < 4.78 is 2.24. The average Bonchev–Trinajstić information content (AvgIpc) is 3.17. The van der Waals surface area contributed by atoms with E-state index in [4.69, 9.17) is 0 Å². The number of piperazine rings is 1. The van der Waals surface area contributed by atoms with E-state index in [-0.39, 0.29) is 11.7 Å². The summed E-state index contributed by atoms with van der Waals surface area (Å²) in [6.45, 7) is 11.9. The second kappa shape index (κ2) is 9.80. The van der Waals surface area contributed by atoms with Crippen molar-refractivity contribution in [2.24, 2.45) is 0 Å². The molecular weight excluding hydrogens is 366 g/mol. The molecule has 1 amide bonds. The van der Waals surface area contributed by atoms with Gasteiger partial charge in [-0.1, -0.05) is 13.8 Å². The molecule has 0 unspecified atom stereocenters. The Morgan fingerprint density at radius 2 is 1.69 bits per heavy atom. The SMILES string of the molecule is CC(=O)c1ccc(NC(=O)CN2CCN(CCn3ccnc3C(C)C)CC2)cc1. The predicted molar refractivity (Wildman–Crippen MR) is 114 cm³/mol. The first-order valence-corrected chi connectivity index (χ1v) is 10.3. The van der Waals surface area contributed by atoms with Crippen LogP contribution in [0.1, 0.15) is 42.9 Å². The third-order valence-electron chi connectivity index (χ3n) is 5.33. The van der Waals surface area contributed by atoms with E-state index in [1.807, 2.05) is 6.20 Å². The van der Waals surface area contributed by atoms with Crippen LogP contribution in [0.3, 0.4) is 0 Å². The van der Waals surface area contributed by atoms with Crippen molar-refractivity contribution in [1.82, 2.24) is 19.4 Å². The molecule has 2 aromatic rings. The summed E-state index contributed by atoms with van der Waals surface area (Å²) in [5.41, 5.74) is 1.37. The normalized spacial score (nSPS) is 15.6. The van der Waals surface area contributed by atoms with Crippen molar-refractivity contribution in [2.75, 3.05) is 44.6 Å². The fraction of sp³-hybridized carbons (Fsp3) is 0.500. The molecule has 0 bridgehead atoms. The first kappa shape index (κ1) is 21.2. The maximum atomic E-state index is 12.3. The number of Topliss-reactive ketones (excluding diaryl/α,β-unsaturated/α-hetero) is 1. The Morgan fingerprint density at radius 1 is 1.03 bits per heavy atom. The molecule has 7 heteroatoms. The number of amides is 1. The van der Waals surface area contributed by atoms with Crippen LogP contribution < -0.4 is 5.32 Å². The number of carbonyl (C=O) groups is 2. The summed E-state index contributed by atoms with van der Waals surface area (Å²) in [5, 5.41) is 2.91. The average molecular weight is 398 g/mol. The van der Waals surface area contributed by atoms with Gasteiger partial charge >= 0.3 is 0 Å². The van der Waals surface area contributed by atoms with E-state index in [1.165, 1.54) is 6.92 Å². The Morgan fingerprint density at radius 3 is 2.31 bits per heavy atom. The molecule has 0 atom stereocenters. The number of carbonyl (C=O) groups excluding carboxylic acids is 2. The van der Waals surface area contributed by atoms with Gasteiger partial charge in [-0.3, -0.25) is 19.4 Å². The first-order valence-electron chi connectivity index (χ1n) is 10.3. The van der Waals surface area contributed by atoms with Crippen LogP contribution in [-0.4, -0.2) is 70.3 Å².